The van der Waals surface area contributed by atoms with E-state index in [0.29, 0.717) is 0 Å². The standard InChI is InChI=1S/C14H12O2/c15-13-6-5-11-7-9-3-1-2-4-10(9)8-12(11)14(13)16/h1-8,13-16H/t13-,14-/m0/s1. The summed E-state index contributed by atoms with van der Waals surface area (Å²) in [5.74, 6) is 0. The minimum atomic E-state index is -0.815. The SMILES string of the molecule is O[C@H]1C=Cc2cc3ccccc3cc2[C@@H]1O. The van der Waals surface area contributed by atoms with Crippen molar-refractivity contribution in [1.82, 2.24) is 0 Å². The third-order valence-electron chi connectivity index (χ3n) is 3.07. The Bertz CT molecular complexity index is 572. The van der Waals surface area contributed by atoms with Crippen LogP contribution in [0.4, 0.5) is 0 Å². The molecule has 0 bridgehead atoms. The number of rotatable bonds is 0. The molecule has 0 aromatic heterocycles. The van der Waals surface area contributed by atoms with E-state index in [1.54, 1.807) is 6.08 Å². The summed E-state index contributed by atoms with van der Waals surface area (Å²) in [5, 5.41) is 21.7. The van der Waals surface area contributed by atoms with E-state index in [1.807, 2.05) is 42.5 Å². The van der Waals surface area contributed by atoms with Crippen molar-refractivity contribution in [3.63, 3.8) is 0 Å². The molecule has 0 fully saturated rings. The van der Waals surface area contributed by atoms with Gasteiger partial charge in [0.1, 0.15) is 12.2 Å². The van der Waals surface area contributed by atoms with Crippen molar-refractivity contribution < 1.29 is 10.2 Å². The predicted molar refractivity (Wildman–Crippen MR) is 63.9 cm³/mol. The molecule has 0 heterocycles. The molecule has 0 saturated carbocycles. The number of fused-ring (bicyclic) bond motifs is 2. The molecule has 1 aliphatic rings. The molecule has 16 heavy (non-hydrogen) atoms. The van der Waals surface area contributed by atoms with Gasteiger partial charge in [-0.3, -0.25) is 0 Å². The van der Waals surface area contributed by atoms with Crippen LogP contribution in [0, 0.1) is 0 Å². The lowest BCUT2D eigenvalue weighted by Crippen LogP contribution is -2.19. The molecule has 2 atom stereocenters. The van der Waals surface area contributed by atoms with Crippen LogP contribution in [-0.2, 0) is 0 Å². The van der Waals surface area contributed by atoms with Gasteiger partial charge in [0.15, 0.2) is 0 Å². The van der Waals surface area contributed by atoms with E-state index < -0.39 is 12.2 Å². The van der Waals surface area contributed by atoms with Gasteiger partial charge in [-0.15, -0.1) is 0 Å². The number of hydrogen-bond acceptors (Lipinski definition) is 2. The van der Waals surface area contributed by atoms with E-state index in [-0.39, 0.29) is 0 Å². The average molecular weight is 212 g/mol. The van der Waals surface area contributed by atoms with Crippen molar-refractivity contribution in [2.45, 2.75) is 12.2 Å². The number of aliphatic hydroxyl groups is 2. The second kappa shape index (κ2) is 3.44. The molecule has 2 nitrogen and oxygen atoms in total. The molecule has 0 aliphatic heterocycles. The molecular weight excluding hydrogens is 200 g/mol. The molecule has 3 rings (SSSR count). The van der Waals surface area contributed by atoms with Crippen LogP contribution in [0.1, 0.15) is 17.2 Å². The van der Waals surface area contributed by atoms with Crippen molar-refractivity contribution in [3.05, 3.63) is 53.6 Å². The summed E-state index contributed by atoms with van der Waals surface area (Å²) in [7, 11) is 0. The molecule has 1 aliphatic carbocycles. The number of hydrogen-bond donors (Lipinski definition) is 2. The quantitative estimate of drug-likeness (QED) is 0.703. The van der Waals surface area contributed by atoms with Gasteiger partial charge in [-0.25, -0.2) is 0 Å². The normalized spacial score (nSPS) is 23.4. The summed E-state index contributed by atoms with van der Waals surface area (Å²) in [5.41, 5.74) is 1.78. The summed E-state index contributed by atoms with van der Waals surface area (Å²) >= 11 is 0. The van der Waals surface area contributed by atoms with Crippen LogP contribution in [0.3, 0.4) is 0 Å². The Labute approximate surface area is 93.5 Å². The van der Waals surface area contributed by atoms with E-state index >= 15 is 0 Å². The Morgan fingerprint density at radius 2 is 1.62 bits per heavy atom. The lowest BCUT2D eigenvalue weighted by atomic mass is 9.90. The second-order valence-corrected chi connectivity index (χ2v) is 4.12. The van der Waals surface area contributed by atoms with Gasteiger partial charge in [-0.2, -0.15) is 0 Å². The molecule has 2 aromatic carbocycles. The third kappa shape index (κ3) is 1.35. The zero-order valence-corrected chi connectivity index (χ0v) is 8.67. The fourth-order valence-electron chi connectivity index (χ4n) is 2.17. The molecule has 0 radical (unpaired) electrons. The molecule has 2 heteroatoms. The van der Waals surface area contributed by atoms with Crippen molar-refractivity contribution >= 4 is 16.8 Å². The minimum Gasteiger partial charge on any atom is -0.386 e. The highest BCUT2D eigenvalue weighted by Crippen LogP contribution is 2.31. The number of benzene rings is 2. The molecule has 0 amide bonds. The Morgan fingerprint density at radius 3 is 2.38 bits per heavy atom. The first-order valence-electron chi connectivity index (χ1n) is 5.33. The van der Waals surface area contributed by atoms with E-state index in [0.717, 1.165) is 21.9 Å². The molecule has 2 N–H and O–H groups in total. The Morgan fingerprint density at radius 1 is 0.938 bits per heavy atom. The zero-order chi connectivity index (χ0) is 11.1. The topological polar surface area (TPSA) is 40.5 Å². The van der Waals surface area contributed by atoms with Crippen molar-refractivity contribution in [2.75, 3.05) is 0 Å². The van der Waals surface area contributed by atoms with Gasteiger partial charge < -0.3 is 10.2 Å². The molecule has 2 aromatic rings. The Kier molecular flexibility index (Phi) is 2.06. The maximum atomic E-state index is 9.89. The molecule has 80 valence electrons. The van der Waals surface area contributed by atoms with Gasteiger partial charge in [0.2, 0.25) is 0 Å². The minimum absolute atomic E-state index is 0.798. The largest absolute Gasteiger partial charge is 0.386 e. The highest BCUT2D eigenvalue weighted by Gasteiger charge is 2.22. The van der Waals surface area contributed by atoms with Crippen LogP contribution < -0.4 is 0 Å². The maximum Gasteiger partial charge on any atom is 0.109 e. The fourth-order valence-corrected chi connectivity index (χ4v) is 2.17. The smallest absolute Gasteiger partial charge is 0.109 e. The third-order valence-corrected chi connectivity index (χ3v) is 3.07. The van der Waals surface area contributed by atoms with E-state index in [9.17, 15) is 10.2 Å². The van der Waals surface area contributed by atoms with Gasteiger partial charge >= 0.3 is 0 Å². The maximum absolute atomic E-state index is 9.89. The van der Waals surface area contributed by atoms with Gasteiger partial charge in [-0.1, -0.05) is 36.4 Å². The van der Waals surface area contributed by atoms with Gasteiger partial charge in [-0.05, 0) is 34.0 Å². The van der Waals surface area contributed by atoms with Gasteiger partial charge in [0, 0.05) is 0 Å². The molecular formula is C14H12O2. The summed E-state index contributed by atoms with van der Waals surface area (Å²) in [4.78, 5) is 0. The first-order chi connectivity index (χ1) is 7.75. The second-order valence-electron chi connectivity index (χ2n) is 4.12. The van der Waals surface area contributed by atoms with E-state index in [4.69, 9.17) is 0 Å². The lowest BCUT2D eigenvalue weighted by molar-refractivity contribution is 0.0471. The van der Waals surface area contributed by atoms with Crippen LogP contribution >= 0.6 is 0 Å². The average Bonchev–Trinajstić information content (AvgIpc) is 2.32. The highest BCUT2D eigenvalue weighted by molar-refractivity contribution is 5.86. The molecule has 0 unspecified atom stereocenters. The van der Waals surface area contributed by atoms with E-state index in [2.05, 4.69) is 0 Å². The van der Waals surface area contributed by atoms with Crippen LogP contribution in [0.15, 0.2) is 42.5 Å². The fraction of sp³-hybridized carbons (Fsp3) is 0.143. The first kappa shape index (κ1) is 9.58. The summed E-state index contributed by atoms with van der Waals surface area (Å²) in [6.07, 6.45) is 1.87. The monoisotopic (exact) mass is 212 g/mol. The Hall–Kier alpha value is -1.64. The van der Waals surface area contributed by atoms with E-state index in [1.165, 1.54) is 0 Å². The summed E-state index contributed by atoms with van der Waals surface area (Å²) in [6, 6.07) is 12.0. The summed E-state index contributed by atoms with van der Waals surface area (Å²) in [6.45, 7) is 0. The number of aliphatic hydroxyl groups excluding tert-OH is 2. The van der Waals surface area contributed by atoms with Crippen molar-refractivity contribution in [3.8, 4) is 0 Å². The van der Waals surface area contributed by atoms with Crippen LogP contribution in [0.2, 0.25) is 0 Å². The first-order valence-corrected chi connectivity index (χ1v) is 5.33. The molecule has 0 spiro atoms. The van der Waals surface area contributed by atoms with Crippen molar-refractivity contribution in [2.24, 2.45) is 0 Å². The summed E-state index contributed by atoms with van der Waals surface area (Å²) < 4.78 is 0. The van der Waals surface area contributed by atoms with Gasteiger partial charge in [0.25, 0.3) is 0 Å². The lowest BCUT2D eigenvalue weighted by Gasteiger charge is -2.22. The van der Waals surface area contributed by atoms with Crippen LogP contribution in [0.25, 0.3) is 16.8 Å². The van der Waals surface area contributed by atoms with Crippen LogP contribution in [-0.4, -0.2) is 16.3 Å². The van der Waals surface area contributed by atoms with Crippen molar-refractivity contribution in [1.29, 1.82) is 0 Å². The molecule has 0 saturated heterocycles. The van der Waals surface area contributed by atoms with Gasteiger partial charge in [0.05, 0.1) is 0 Å². The Balaban J connectivity index is 2.29. The predicted octanol–water partition coefficient (Wildman–Crippen LogP) is 2.26. The highest BCUT2D eigenvalue weighted by atomic mass is 16.3. The van der Waals surface area contributed by atoms with Crippen LogP contribution in [0.5, 0.6) is 0 Å². The zero-order valence-electron chi connectivity index (χ0n) is 8.67.